The molecule has 0 unspecified atom stereocenters. The van der Waals surface area contributed by atoms with Gasteiger partial charge in [0.25, 0.3) is 0 Å². The van der Waals surface area contributed by atoms with Crippen molar-refractivity contribution in [1.29, 1.82) is 5.41 Å². The number of aromatic nitrogens is 1. The third-order valence-electron chi connectivity index (χ3n) is 3.98. The zero-order chi connectivity index (χ0) is 18.7. The zero-order valence-electron chi connectivity index (χ0n) is 14.8. The maximum Gasteiger partial charge on any atom is 0.194 e. The molecule has 3 aromatic rings. The molecule has 0 atom stereocenters. The highest BCUT2D eigenvalue weighted by molar-refractivity contribution is 7.19. The lowest BCUT2D eigenvalue weighted by atomic mass is 10.1. The molecular formula is C19H20N4O2S. The third-order valence-corrected chi connectivity index (χ3v) is 5.16. The molecule has 0 spiro atoms. The van der Waals surface area contributed by atoms with Crippen LogP contribution in [0.2, 0.25) is 0 Å². The lowest BCUT2D eigenvalue weighted by Gasteiger charge is -2.11. The van der Waals surface area contributed by atoms with Gasteiger partial charge in [-0.25, -0.2) is 4.98 Å². The van der Waals surface area contributed by atoms with Crippen molar-refractivity contribution < 1.29 is 9.47 Å². The van der Waals surface area contributed by atoms with E-state index in [9.17, 15) is 0 Å². The van der Waals surface area contributed by atoms with Gasteiger partial charge in [0.15, 0.2) is 11.1 Å². The standard InChI is InChI=1S/C19H20N4O2S/c1-23(18(20)21)19-22-16(12-4-8-14(24-2)9-5-12)17(26-19)13-6-10-15(25-3)11-7-13/h4-11H,1-3H3,(H3,20,21). The molecule has 0 bridgehead atoms. The van der Waals surface area contributed by atoms with Crippen LogP contribution in [0, 0.1) is 5.41 Å². The number of methoxy groups -OCH3 is 2. The van der Waals surface area contributed by atoms with Crippen LogP contribution in [0.5, 0.6) is 11.5 Å². The highest BCUT2D eigenvalue weighted by Crippen LogP contribution is 2.40. The average Bonchev–Trinajstić information content (AvgIpc) is 3.12. The second kappa shape index (κ2) is 7.45. The Bertz CT molecular complexity index is 839. The minimum absolute atomic E-state index is 0.0543. The number of nitrogens with one attached hydrogen (secondary N) is 1. The highest BCUT2D eigenvalue weighted by atomic mass is 32.1. The minimum atomic E-state index is -0.0543. The Balaban J connectivity index is 2.11. The maximum atomic E-state index is 7.67. The average molecular weight is 368 g/mol. The largest absolute Gasteiger partial charge is 0.497 e. The van der Waals surface area contributed by atoms with E-state index < -0.39 is 0 Å². The van der Waals surface area contributed by atoms with Crippen molar-refractivity contribution in [1.82, 2.24) is 4.98 Å². The van der Waals surface area contributed by atoms with E-state index in [1.165, 1.54) is 11.3 Å². The van der Waals surface area contributed by atoms with E-state index in [0.717, 1.165) is 33.2 Å². The monoisotopic (exact) mass is 368 g/mol. The summed E-state index contributed by atoms with van der Waals surface area (Å²) in [7, 11) is 5.02. The molecule has 1 heterocycles. The number of hydrogen-bond donors (Lipinski definition) is 2. The van der Waals surface area contributed by atoms with Gasteiger partial charge in [0.1, 0.15) is 11.5 Å². The van der Waals surface area contributed by atoms with Crippen molar-refractivity contribution in [2.75, 3.05) is 26.2 Å². The summed E-state index contributed by atoms with van der Waals surface area (Å²) in [6.45, 7) is 0. The van der Waals surface area contributed by atoms with Crippen molar-refractivity contribution in [3.63, 3.8) is 0 Å². The minimum Gasteiger partial charge on any atom is -0.497 e. The first-order valence-electron chi connectivity index (χ1n) is 7.91. The van der Waals surface area contributed by atoms with Crippen LogP contribution in [0.3, 0.4) is 0 Å². The van der Waals surface area contributed by atoms with E-state index in [0.29, 0.717) is 5.13 Å². The lowest BCUT2D eigenvalue weighted by molar-refractivity contribution is 0.414. The van der Waals surface area contributed by atoms with Crippen LogP contribution in [0.15, 0.2) is 48.5 Å². The molecule has 1 aromatic heterocycles. The molecule has 0 aliphatic rings. The van der Waals surface area contributed by atoms with Gasteiger partial charge < -0.3 is 15.2 Å². The summed E-state index contributed by atoms with van der Waals surface area (Å²) in [5.41, 5.74) is 8.46. The SMILES string of the molecule is COc1ccc(-c2nc(N(C)C(=N)N)sc2-c2ccc(OC)cc2)cc1. The summed E-state index contributed by atoms with van der Waals surface area (Å²) >= 11 is 1.49. The molecule has 0 saturated carbocycles. The number of hydrogen-bond acceptors (Lipinski definition) is 5. The fourth-order valence-corrected chi connectivity index (χ4v) is 3.51. The van der Waals surface area contributed by atoms with E-state index in [2.05, 4.69) is 0 Å². The highest BCUT2D eigenvalue weighted by Gasteiger charge is 2.18. The number of ether oxygens (including phenoxy) is 2. The van der Waals surface area contributed by atoms with Crippen LogP contribution >= 0.6 is 11.3 Å². The van der Waals surface area contributed by atoms with Crippen molar-refractivity contribution >= 4 is 22.4 Å². The summed E-state index contributed by atoms with van der Waals surface area (Å²) in [6, 6.07) is 15.6. The molecule has 6 nitrogen and oxygen atoms in total. The van der Waals surface area contributed by atoms with E-state index >= 15 is 0 Å². The van der Waals surface area contributed by atoms with E-state index in [1.54, 1.807) is 26.2 Å². The van der Waals surface area contributed by atoms with Crippen LogP contribution in [-0.4, -0.2) is 32.2 Å². The summed E-state index contributed by atoms with van der Waals surface area (Å²) in [4.78, 5) is 7.29. The zero-order valence-corrected chi connectivity index (χ0v) is 15.6. The molecule has 0 radical (unpaired) electrons. The van der Waals surface area contributed by atoms with Gasteiger partial charge in [-0.1, -0.05) is 11.3 Å². The number of thiazole rings is 1. The fraction of sp³-hybridized carbons (Fsp3) is 0.158. The smallest absolute Gasteiger partial charge is 0.194 e. The van der Waals surface area contributed by atoms with Crippen molar-refractivity contribution in [2.45, 2.75) is 0 Å². The van der Waals surface area contributed by atoms with E-state index in [-0.39, 0.29) is 5.96 Å². The number of rotatable bonds is 5. The summed E-state index contributed by atoms with van der Waals surface area (Å²) < 4.78 is 10.5. The number of benzene rings is 2. The fourth-order valence-electron chi connectivity index (χ4n) is 2.44. The predicted molar refractivity (Wildman–Crippen MR) is 106 cm³/mol. The molecule has 26 heavy (non-hydrogen) atoms. The Morgan fingerprint density at radius 2 is 1.46 bits per heavy atom. The lowest BCUT2D eigenvalue weighted by Crippen LogP contribution is -2.32. The van der Waals surface area contributed by atoms with Crippen molar-refractivity contribution in [3.8, 4) is 33.2 Å². The topological polar surface area (TPSA) is 84.5 Å². The normalized spacial score (nSPS) is 10.4. The molecule has 3 N–H and O–H groups in total. The molecule has 7 heteroatoms. The molecule has 0 aliphatic carbocycles. The summed E-state index contributed by atoms with van der Waals surface area (Å²) in [6.07, 6.45) is 0. The van der Waals surface area contributed by atoms with Crippen LogP contribution in [-0.2, 0) is 0 Å². The van der Waals surface area contributed by atoms with Gasteiger partial charge in [-0.2, -0.15) is 0 Å². The Morgan fingerprint density at radius 3 is 1.92 bits per heavy atom. The second-order valence-electron chi connectivity index (χ2n) is 5.58. The van der Waals surface area contributed by atoms with Crippen LogP contribution in [0.4, 0.5) is 5.13 Å². The quantitative estimate of drug-likeness (QED) is 0.528. The Hall–Kier alpha value is -3.06. The number of guanidine groups is 1. The number of anilines is 1. The molecule has 0 aliphatic heterocycles. The Morgan fingerprint density at radius 1 is 0.962 bits per heavy atom. The molecule has 134 valence electrons. The van der Waals surface area contributed by atoms with Gasteiger partial charge >= 0.3 is 0 Å². The van der Waals surface area contributed by atoms with Crippen LogP contribution < -0.4 is 20.1 Å². The molecule has 0 saturated heterocycles. The van der Waals surface area contributed by atoms with Gasteiger partial charge in [-0.3, -0.25) is 10.3 Å². The third kappa shape index (κ3) is 3.48. The number of nitrogens with two attached hydrogens (primary N) is 1. The summed E-state index contributed by atoms with van der Waals surface area (Å²) in [5, 5.41) is 8.33. The van der Waals surface area contributed by atoms with Crippen molar-refractivity contribution in [2.24, 2.45) is 5.73 Å². The molecule has 3 rings (SSSR count). The van der Waals surface area contributed by atoms with E-state index in [4.69, 9.17) is 25.6 Å². The van der Waals surface area contributed by atoms with Crippen molar-refractivity contribution in [3.05, 3.63) is 48.5 Å². The summed E-state index contributed by atoms with van der Waals surface area (Å²) in [5.74, 6) is 1.53. The van der Waals surface area contributed by atoms with Gasteiger partial charge in [-0.05, 0) is 54.1 Å². The predicted octanol–water partition coefficient (Wildman–Crippen LogP) is 3.82. The Labute approximate surface area is 156 Å². The maximum absolute atomic E-state index is 7.67. The van der Waals surface area contributed by atoms with Crippen LogP contribution in [0.25, 0.3) is 21.7 Å². The van der Waals surface area contributed by atoms with Gasteiger partial charge in [0, 0.05) is 12.6 Å². The molecule has 2 aromatic carbocycles. The first-order chi connectivity index (χ1) is 12.5. The first-order valence-corrected chi connectivity index (χ1v) is 8.72. The number of nitrogens with zero attached hydrogens (tertiary/aromatic N) is 2. The first kappa shape index (κ1) is 17.8. The van der Waals surface area contributed by atoms with Gasteiger partial charge in [0.05, 0.1) is 24.8 Å². The second-order valence-corrected chi connectivity index (χ2v) is 6.55. The Kier molecular flexibility index (Phi) is 5.09. The molecule has 0 amide bonds. The van der Waals surface area contributed by atoms with Gasteiger partial charge in [0.2, 0.25) is 0 Å². The molecular weight excluding hydrogens is 348 g/mol. The van der Waals surface area contributed by atoms with Gasteiger partial charge in [-0.15, -0.1) is 0 Å². The molecule has 0 fully saturated rings. The van der Waals surface area contributed by atoms with Crippen LogP contribution in [0.1, 0.15) is 0 Å². The van der Waals surface area contributed by atoms with E-state index in [1.807, 2.05) is 48.5 Å².